The second-order valence-electron chi connectivity index (χ2n) is 3.88. The van der Waals surface area contributed by atoms with E-state index in [2.05, 4.69) is 5.43 Å². The first-order valence-electron chi connectivity index (χ1n) is 5.43. The number of nitrogens with zero attached hydrogens (tertiary/aromatic N) is 2. The Hall–Kier alpha value is -1.14. The van der Waals surface area contributed by atoms with E-state index in [1.54, 1.807) is 19.0 Å². The molecule has 2 amide bonds. The summed E-state index contributed by atoms with van der Waals surface area (Å²) in [6.07, 6.45) is 1.27. The van der Waals surface area contributed by atoms with E-state index < -0.39 is 0 Å². The van der Waals surface area contributed by atoms with Gasteiger partial charge in [-0.25, -0.2) is 5.84 Å². The number of carbonyl (C=O) groups is 2. The minimum Gasteiger partial charge on any atom is -0.348 e. The van der Waals surface area contributed by atoms with Crippen molar-refractivity contribution in [2.75, 3.05) is 33.7 Å². The zero-order chi connectivity index (χ0) is 12.6. The number of carbonyl (C=O) groups excluding carboxylic acids is 2. The van der Waals surface area contributed by atoms with E-state index in [4.69, 9.17) is 5.84 Å². The molecule has 0 bridgehead atoms. The van der Waals surface area contributed by atoms with Crippen molar-refractivity contribution in [3.8, 4) is 0 Å². The normalized spacial score (nSPS) is 10.3. The molecule has 0 spiro atoms. The summed E-state index contributed by atoms with van der Waals surface area (Å²) in [5.74, 6) is 4.82. The van der Waals surface area contributed by atoms with Crippen LogP contribution >= 0.6 is 0 Å². The molecule has 6 heteroatoms. The first-order chi connectivity index (χ1) is 7.51. The number of hydrogen-bond donors (Lipinski definition) is 2. The number of likely N-dealkylation sites (N-methyl/N-ethyl adjacent to an activating group) is 1. The molecule has 3 N–H and O–H groups in total. The quantitative estimate of drug-likeness (QED) is 0.340. The van der Waals surface area contributed by atoms with E-state index in [9.17, 15) is 9.59 Å². The molecule has 0 saturated heterocycles. The zero-order valence-electron chi connectivity index (χ0n) is 10.3. The molecule has 0 aromatic rings. The zero-order valence-corrected chi connectivity index (χ0v) is 10.3. The average Bonchev–Trinajstić information content (AvgIpc) is 2.25. The molecule has 0 aromatic heterocycles. The lowest BCUT2D eigenvalue weighted by molar-refractivity contribution is -0.130. The van der Waals surface area contributed by atoms with Crippen LogP contribution in [0, 0.1) is 0 Å². The number of nitrogens with two attached hydrogens (primary N) is 1. The van der Waals surface area contributed by atoms with Crippen LogP contribution in [0.15, 0.2) is 0 Å². The molecule has 6 nitrogen and oxygen atoms in total. The highest BCUT2D eigenvalue weighted by Crippen LogP contribution is 1.95. The van der Waals surface area contributed by atoms with E-state index in [1.165, 1.54) is 0 Å². The van der Waals surface area contributed by atoms with E-state index in [0.29, 0.717) is 19.5 Å². The fourth-order valence-corrected chi connectivity index (χ4v) is 1.25. The Kier molecular flexibility index (Phi) is 7.49. The van der Waals surface area contributed by atoms with Crippen molar-refractivity contribution in [2.24, 2.45) is 5.84 Å². The van der Waals surface area contributed by atoms with E-state index in [-0.39, 0.29) is 11.8 Å². The van der Waals surface area contributed by atoms with Crippen molar-refractivity contribution >= 4 is 11.8 Å². The SMILES string of the molecule is CCCN(CCC(=O)NN)CC(=O)N(C)C. The van der Waals surface area contributed by atoms with Crippen LogP contribution in [-0.4, -0.2) is 55.3 Å². The minimum atomic E-state index is -0.210. The number of amides is 2. The van der Waals surface area contributed by atoms with Crippen LogP contribution in [0.1, 0.15) is 19.8 Å². The molecule has 0 aliphatic carbocycles. The molecule has 0 rings (SSSR count). The summed E-state index contributed by atoms with van der Waals surface area (Å²) >= 11 is 0. The first-order valence-corrected chi connectivity index (χ1v) is 5.43. The maximum absolute atomic E-state index is 11.5. The molecule has 94 valence electrons. The van der Waals surface area contributed by atoms with Crippen molar-refractivity contribution in [1.82, 2.24) is 15.2 Å². The molecular weight excluding hydrogens is 208 g/mol. The summed E-state index contributed by atoms with van der Waals surface area (Å²) in [5.41, 5.74) is 2.08. The largest absolute Gasteiger partial charge is 0.348 e. The molecule has 0 aliphatic heterocycles. The molecule has 0 aliphatic rings. The number of rotatable bonds is 7. The predicted molar refractivity (Wildman–Crippen MR) is 62.4 cm³/mol. The van der Waals surface area contributed by atoms with Gasteiger partial charge in [0.1, 0.15) is 0 Å². The standard InChI is InChI=1S/C10H22N4O2/c1-4-6-14(7-5-9(15)12-11)8-10(16)13(2)3/h4-8,11H2,1-3H3,(H,12,15). The van der Waals surface area contributed by atoms with Crippen LogP contribution in [0.25, 0.3) is 0 Å². The molecule has 16 heavy (non-hydrogen) atoms. The van der Waals surface area contributed by atoms with Crippen molar-refractivity contribution < 1.29 is 9.59 Å². The van der Waals surface area contributed by atoms with Gasteiger partial charge in [-0.1, -0.05) is 6.92 Å². The second kappa shape index (κ2) is 8.06. The molecule has 0 aromatic carbocycles. The summed E-state index contributed by atoms with van der Waals surface area (Å²) < 4.78 is 0. The van der Waals surface area contributed by atoms with Crippen LogP contribution in [0.2, 0.25) is 0 Å². The molecule has 0 fully saturated rings. The van der Waals surface area contributed by atoms with Crippen molar-refractivity contribution in [3.05, 3.63) is 0 Å². The molecule has 0 saturated carbocycles. The number of nitrogens with one attached hydrogen (secondary N) is 1. The Balaban J connectivity index is 4.06. The van der Waals surface area contributed by atoms with E-state index in [0.717, 1.165) is 13.0 Å². The summed E-state index contributed by atoms with van der Waals surface area (Å²) in [4.78, 5) is 26.0. The molecule has 0 radical (unpaired) electrons. The van der Waals surface area contributed by atoms with Crippen molar-refractivity contribution in [1.29, 1.82) is 0 Å². The first kappa shape index (κ1) is 14.9. The maximum atomic E-state index is 11.5. The summed E-state index contributed by atoms with van der Waals surface area (Å²) in [5, 5.41) is 0. The van der Waals surface area contributed by atoms with Gasteiger partial charge in [0.15, 0.2) is 0 Å². The van der Waals surface area contributed by atoms with Gasteiger partial charge in [0, 0.05) is 27.1 Å². The number of hydrogen-bond acceptors (Lipinski definition) is 4. The van der Waals surface area contributed by atoms with E-state index in [1.807, 2.05) is 11.8 Å². The van der Waals surface area contributed by atoms with Crippen LogP contribution in [0.3, 0.4) is 0 Å². The van der Waals surface area contributed by atoms with Gasteiger partial charge in [0.25, 0.3) is 0 Å². The molecule has 0 unspecified atom stereocenters. The van der Waals surface area contributed by atoms with Crippen LogP contribution in [-0.2, 0) is 9.59 Å². The summed E-state index contributed by atoms with van der Waals surface area (Å²) in [7, 11) is 3.44. The maximum Gasteiger partial charge on any atom is 0.236 e. The highest BCUT2D eigenvalue weighted by Gasteiger charge is 2.12. The molecular formula is C10H22N4O2. The predicted octanol–water partition coefficient (Wildman–Crippen LogP) is -0.833. The van der Waals surface area contributed by atoms with Gasteiger partial charge in [0.2, 0.25) is 11.8 Å². The minimum absolute atomic E-state index is 0.0432. The third-order valence-electron chi connectivity index (χ3n) is 2.21. The van der Waals surface area contributed by atoms with Gasteiger partial charge < -0.3 is 4.90 Å². The Labute approximate surface area is 96.7 Å². The molecule has 0 heterocycles. The second-order valence-corrected chi connectivity index (χ2v) is 3.88. The van der Waals surface area contributed by atoms with Gasteiger partial charge in [-0.15, -0.1) is 0 Å². The lowest BCUT2D eigenvalue weighted by atomic mass is 10.3. The average molecular weight is 230 g/mol. The monoisotopic (exact) mass is 230 g/mol. The summed E-state index contributed by atoms with van der Waals surface area (Å²) in [6, 6.07) is 0. The Morgan fingerprint density at radius 1 is 1.25 bits per heavy atom. The Morgan fingerprint density at radius 2 is 1.88 bits per heavy atom. The summed E-state index contributed by atoms with van der Waals surface area (Å²) in [6.45, 7) is 3.74. The van der Waals surface area contributed by atoms with Crippen LogP contribution in [0.5, 0.6) is 0 Å². The van der Waals surface area contributed by atoms with Gasteiger partial charge in [-0.05, 0) is 13.0 Å². The van der Waals surface area contributed by atoms with Crippen LogP contribution in [0.4, 0.5) is 0 Å². The van der Waals surface area contributed by atoms with Crippen molar-refractivity contribution in [2.45, 2.75) is 19.8 Å². The van der Waals surface area contributed by atoms with E-state index >= 15 is 0 Å². The van der Waals surface area contributed by atoms with Gasteiger partial charge in [-0.3, -0.25) is 19.9 Å². The fourth-order valence-electron chi connectivity index (χ4n) is 1.25. The Bertz CT molecular complexity index is 231. The number of hydrazine groups is 1. The molecule has 0 atom stereocenters. The van der Waals surface area contributed by atoms with Crippen molar-refractivity contribution in [3.63, 3.8) is 0 Å². The smallest absolute Gasteiger partial charge is 0.236 e. The lowest BCUT2D eigenvalue weighted by Crippen LogP contribution is -2.39. The van der Waals surface area contributed by atoms with Gasteiger partial charge in [0.05, 0.1) is 6.54 Å². The lowest BCUT2D eigenvalue weighted by Gasteiger charge is -2.22. The van der Waals surface area contributed by atoms with Gasteiger partial charge >= 0.3 is 0 Å². The highest BCUT2D eigenvalue weighted by molar-refractivity contribution is 5.78. The third-order valence-corrected chi connectivity index (χ3v) is 2.21. The van der Waals surface area contributed by atoms with Gasteiger partial charge in [-0.2, -0.15) is 0 Å². The van der Waals surface area contributed by atoms with Crippen LogP contribution < -0.4 is 11.3 Å². The third kappa shape index (κ3) is 6.36. The highest BCUT2D eigenvalue weighted by atomic mass is 16.2. The Morgan fingerprint density at radius 3 is 2.31 bits per heavy atom. The fraction of sp³-hybridized carbons (Fsp3) is 0.800. The topological polar surface area (TPSA) is 78.7 Å².